The van der Waals surface area contributed by atoms with Gasteiger partial charge in [0.15, 0.2) is 0 Å². The number of hydrogen-bond acceptors (Lipinski definition) is 3. The molecular formula is C23H23FN2O3. The molecule has 5 nitrogen and oxygen atoms in total. The van der Waals surface area contributed by atoms with Crippen LogP contribution in [0.3, 0.4) is 0 Å². The molecular weight excluding hydrogens is 371 g/mol. The van der Waals surface area contributed by atoms with Crippen LogP contribution in [0.25, 0.3) is 10.9 Å². The largest absolute Gasteiger partial charge is 0.490 e. The van der Waals surface area contributed by atoms with Crippen molar-refractivity contribution < 1.29 is 13.9 Å². The van der Waals surface area contributed by atoms with Gasteiger partial charge in [0.05, 0.1) is 5.52 Å². The predicted octanol–water partition coefficient (Wildman–Crippen LogP) is 3.91. The van der Waals surface area contributed by atoms with Crippen LogP contribution in [0.5, 0.6) is 5.75 Å². The Morgan fingerprint density at radius 1 is 1.17 bits per heavy atom. The highest BCUT2D eigenvalue weighted by molar-refractivity contribution is 5.97. The van der Waals surface area contributed by atoms with E-state index in [4.69, 9.17) is 4.74 Å². The van der Waals surface area contributed by atoms with E-state index in [0.717, 1.165) is 12.2 Å². The maximum Gasteiger partial charge on any atom is 0.261 e. The number of aromatic nitrogens is 1. The van der Waals surface area contributed by atoms with Gasteiger partial charge in [0.25, 0.3) is 11.5 Å². The summed E-state index contributed by atoms with van der Waals surface area (Å²) in [6.07, 6.45) is 2.42. The van der Waals surface area contributed by atoms with Gasteiger partial charge < -0.3 is 14.6 Å². The van der Waals surface area contributed by atoms with Gasteiger partial charge in [-0.3, -0.25) is 9.59 Å². The van der Waals surface area contributed by atoms with Crippen molar-refractivity contribution in [2.24, 2.45) is 0 Å². The molecule has 0 unspecified atom stereocenters. The lowest BCUT2D eigenvalue weighted by Gasteiger charge is -2.32. The smallest absolute Gasteiger partial charge is 0.261 e. The van der Waals surface area contributed by atoms with E-state index in [-0.39, 0.29) is 17.6 Å². The molecule has 0 bridgehead atoms. The van der Waals surface area contributed by atoms with Crippen LogP contribution in [-0.4, -0.2) is 35.0 Å². The van der Waals surface area contributed by atoms with E-state index in [1.165, 1.54) is 23.8 Å². The predicted molar refractivity (Wildman–Crippen MR) is 110 cm³/mol. The number of carbonyl (C=O) groups excluding carboxylic acids is 1. The summed E-state index contributed by atoms with van der Waals surface area (Å²) < 4.78 is 19.4. The molecule has 0 atom stereocenters. The number of amides is 1. The molecule has 0 aliphatic carbocycles. The second-order valence-corrected chi connectivity index (χ2v) is 7.35. The highest BCUT2D eigenvalue weighted by Crippen LogP contribution is 2.22. The highest BCUT2D eigenvalue weighted by atomic mass is 19.1. The number of likely N-dealkylation sites (tertiary alicyclic amines) is 1. The number of carbonyl (C=O) groups is 1. The first-order valence-corrected chi connectivity index (χ1v) is 9.91. The third kappa shape index (κ3) is 4.16. The van der Waals surface area contributed by atoms with Crippen LogP contribution in [0.15, 0.2) is 53.3 Å². The van der Waals surface area contributed by atoms with E-state index in [9.17, 15) is 14.0 Å². The number of rotatable bonds is 4. The normalized spacial score (nSPS) is 14.9. The SMILES string of the molecule is CCc1cccc(OC2CCN(C(=O)c3cc4ccc(F)cc4[nH]c3=O)CC2)c1. The number of aryl methyl sites for hydroxylation is 1. The monoisotopic (exact) mass is 394 g/mol. The van der Waals surface area contributed by atoms with Crippen LogP contribution >= 0.6 is 0 Å². The number of benzene rings is 2. The molecule has 2 aromatic carbocycles. The van der Waals surface area contributed by atoms with E-state index < -0.39 is 11.4 Å². The van der Waals surface area contributed by atoms with Crippen LogP contribution in [0.1, 0.15) is 35.7 Å². The number of ether oxygens (including phenoxy) is 1. The van der Waals surface area contributed by atoms with Crippen molar-refractivity contribution in [1.29, 1.82) is 0 Å². The zero-order chi connectivity index (χ0) is 20.4. The van der Waals surface area contributed by atoms with Gasteiger partial charge in [0, 0.05) is 25.9 Å². The Bertz CT molecular complexity index is 1100. The maximum atomic E-state index is 13.3. The summed E-state index contributed by atoms with van der Waals surface area (Å²) >= 11 is 0. The van der Waals surface area contributed by atoms with Gasteiger partial charge in [-0.05, 0) is 53.8 Å². The molecule has 3 aromatic rings. The summed E-state index contributed by atoms with van der Waals surface area (Å²) in [5.41, 5.74) is 1.19. The molecule has 1 aromatic heterocycles. The van der Waals surface area contributed by atoms with Crippen LogP contribution in [0, 0.1) is 5.82 Å². The van der Waals surface area contributed by atoms with E-state index in [1.807, 2.05) is 12.1 Å². The molecule has 1 fully saturated rings. The van der Waals surface area contributed by atoms with Gasteiger partial charge in [0.1, 0.15) is 23.2 Å². The van der Waals surface area contributed by atoms with Crippen molar-refractivity contribution in [3.8, 4) is 5.75 Å². The first-order chi connectivity index (χ1) is 14.0. The maximum absolute atomic E-state index is 13.3. The lowest BCUT2D eigenvalue weighted by molar-refractivity contribution is 0.0594. The van der Waals surface area contributed by atoms with Gasteiger partial charge in [-0.25, -0.2) is 4.39 Å². The first kappa shape index (κ1) is 19.2. The quantitative estimate of drug-likeness (QED) is 0.730. The number of fused-ring (bicyclic) bond motifs is 1. The number of aromatic amines is 1. The zero-order valence-electron chi connectivity index (χ0n) is 16.3. The van der Waals surface area contributed by atoms with E-state index in [0.29, 0.717) is 36.8 Å². The molecule has 2 heterocycles. The van der Waals surface area contributed by atoms with Crippen LogP contribution in [0.4, 0.5) is 4.39 Å². The van der Waals surface area contributed by atoms with Gasteiger partial charge in [-0.1, -0.05) is 19.1 Å². The van der Waals surface area contributed by atoms with Gasteiger partial charge >= 0.3 is 0 Å². The Hall–Kier alpha value is -3.15. The number of H-pyrrole nitrogens is 1. The number of pyridine rings is 1. The Morgan fingerprint density at radius 2 is 1.97 bits per heavy atom. The van der Waals surface area contributed by atoms with Crippen molar-refractivity contribution in [3.05, 3.63) is 75.8 Å². The van der Waals surface area contributed by atoms with Crippen molar-refractivity contribution in [2.45, 2.75) is 32.3 Å². The average Bonchev–Trinajstić information content (AvgIpc) is 2.73. The fourth-order valence-corrected chi connectivity index (χ4v) is 3.71. The van der Waals surface area contributed by atoms with Gasteiger partial charge in [0.2, 0.25) is 0 Å². The fourth-order valence-electron chi connectivity index (χ4n) is 3.71. The summed E-state index contributed by atoms with van der Waals surface area (Å²) in [6.45, 7) is 3.16. The Kier molecular flexibility index (Phi) is 5.34. The standard InChI is InChI=1S/C23H23FN2O3/c1-2-15-4-3-5-19(12-15)29-18-8-10-26(11-9-18)23(28)20-13-16-6-7-17(24)14-21(16)25-22(20)27/h3-7,12-14,18H,2,8-11H2,1H3,(H,25,27). The second kappa shape index (κ2) is 8.07. The number of nitrogens with one attached hydrogen (secondary N) is 1. The minimum atomic E-state index is -0.497. The third-order valence-electron chi connectivity index (χ3n) is 5.38. The molecule has 4 rings (SSSR count). The molecule has 1 aliphatic heterocycles. The molecule has 1 amide bonds. The Labute approximate surface area is 168 Å². The fraction of sp³-hybridized carbons (Fsp3) is 0.304. The molecule has 1 N–H and O–H groups in total. The lowest BCUT2D eigenvalue weighted by atomic mass is 10.1. The van der Waals surface area contributed by atoms with Crippen LogP contribution < -0.4 is 10.3 Å². The number of halogens is 1. The van der Waals surface area contributed by atoms with Crippen molar-refractivity contribution in [1.82, 2.24) is 9.88 Å². The lowest BCUT2D eigenvalue weighted by Crippen LogP contribution is -2.43. The second-order valence-electron chi connectivity index (χ2n) is 7.35. The van der Waals surface area contributed by atoms with Crippen LogP contribution in [0.2, 0.25) is 0 Å². The molecule has 0 saturated carbocycles. The van der Waals surface area contributed by atoms with E-state index in [2.05, 4.69) is 24.0 Å². The molecule has 1 aliphatic rings. The molecule has 6 heteroatoms. The summed E-state index contributed by atoms with van der Waals surface area (Å²) in [6, 6.07) is 13.7. The van der Waals surface area contributed by atoms with Crippen LogP contribution in [-0.2, 0) is 6.42 Å². The first-order valence-electron chi connectivity index (χ1n) is 9.91. The summed E-state index contributed by atoms with van der Waals surface area (Å²) in [5, 5.41) is 0.628. The topological polar surface area (TPSA) is 62.4 Å². The summed E-state index contributed by atoms with van der Waals surface area (Å²) in [4.78, 5) is 29.5. The minimum absolute atomic E-state index is 0.0454. The average molecular weight is 394 g/mol. The van der Waals surface area contributed by atoms with E-state index in [1.54, 1.807) is 11.0 Å². The molecule has 0 spiro atoms. The van der Waals surface area contributed by atoms with Crippen molar-refractivity contribution >= 4 is 16.8 Å². The molecule has 1 saturated heterocycles. The molecule has 0 radical (unpaired) electrons. The number of hydrogen-bond donors (Lipinski definition) is 1. The Morgan fingerprint density at radius 3 is 2.72 bits per heavy atom. The summed E-state index contributed by atoms with van der Waals surface area (Å²) in [5.74, 6) is 0.120. The van der Waals surface area contributed by atoms with E-state index >= 15 is 0 Å². The highest BCUT2D eigenvalue weighted by Gasteiger charge is 2.26. The number of piperidine rings is 1. The summed E-state index contributed by atoms with van der Waals surface area (Å²) in [7, 11) is 0. The molecule has 150 valence electrons. The van der Waals surface area contributed by atoms with Crippen molar-refractivity contribution in [3.63, 3.8) is 0 Å². The molecule has 29 heavy (non-hydrogen) atoms. The van der Waals surface area contributed by atoms with Gasteiger partial charge in [-0.15, -0.1) is 0 Å². The van der Waals surface area contributed by atoms with Crippen molar-refractivity contribution in [2.75, 3.05) is 13.1 Å². The number of nitrogens with zero attached hydrogens (tertiary/aromatic N) is 1. The zero-order valence-corrected chi connectivity index (χ0v) is 16.3. The Balaban J connectivity index is 1.43. The minimum Gasteiger partial charge on any atom is -0.490 e. The third-order valence-corrected chi connectivity index (χ3v) is 5.38. The van der Waals surface area contributed by atoms with Gasteiger partial charge in [-0.2, -0.15) is 0 Å².